The molecule has 1 aliphatic heterocycles. The van der Waals surface area contributed by atoms with Gasteiger partial charge in [0.05, 0.1) is 6.04 Å². The first-order valence-electron chi connectivity index (χ1n) is 6.90. The first-order valence-corrected chi connectivity index (χ1v) is 7.65. The summed E-state index contributed by atoms with van der Waals surface area (Å²) in [6.07, 6.45) is 2.45. The number of nitrogens with two attached hydrogens (primary N) is 1. The van der Waals surface area contributed by atoms with Gasteiger partial charge in [-0.05, 0) is 44.1 Å². The van der Waals surface area contributed by atoms with Crippen LogP contribution in [0.1, 0.15) is 24.7 Å². The number of halogens is 2. The number of hydrogen-bond acceptors (Lipinski definition) is 5. The van der Waals surface area contributed by atoms with Gasteiger partial charge in [-0.15, -0.1) is 0 Å². The smallest absolute Gasteiger partial charge is 0.258 e. The fourth-order valence-corrected chi connectivity index (χ4v) is 3.03. The Morgan fingerprint density at radius 2 is 1.86 bits per heavy atom. The highest BCUT2D eigenvalue weighted by Gasteiger charge is 2.20. The lowest BCUT2D eigenvalue weighted by atomic mass is 10.2. The zero-order valence-corrected chi connectivity index (χ0v) is 12.9. The molecule has 2 heterocycles. The van der Waals surface area contributed by atoms with Crippen LogP contribution in [0.4, 0.5) is 0 Å². The molecule has 0 aliphatic carbocycles. The van der Waals surface area contributed by atoms with E-state index in [1.807, 2.05) is 0 Å². The highest BCUT2D eigenvalue weighted by Crippen LogP contribution is 2.26. The standard InChI is InChI=1S/C14H16Cl2N4O/c15-10-5-9(6-11(16)7-10)14-18-13(19-21-14)12(17)8-20-3-1-2-4-20/h5-7,12H,1-4,8,17H2. The predicted molar refractivity (Wildman–Crippen MR) is 82.4 cm³/mol. The maximum atomic E-state index is 6.15. The third-order valence-electron chi connectivity index (χ3n) is 3.54. The Balaban J connectivity index is 1.75. The summed E-state index contributed by atoms with van der Waals surface area (Å²) in [6.45, 7) is 2.92. The van der Waals surface area contributed by atoms with Crippen LogP contribution in [0.5, 0.6) is 0 Å². The summed E-state index contributed by atoms with van der Waals surface area (Å²) in [7, 11) is 0. The molecular weight excluding hydrogens is 311 g/mol. The maximum absolute atomic E-state index is 6.15. The Kier molecular flexibility index (Phi) is 4.45. The van der Waals surface area contributed by atoms with Crippen LogP contribution in [0, 0.1) is 0 Å². The van der Waals surface area contributed by atoms with Gasteiger partial charge in [-0.1, -0.05) is 28.4 Å². The van der Waals surface area contributed by atoms with Crippen molar-refractivity contribution >= 4 is 23.2 Å². The second kappa shape index (κ2) is 6.32. The van der Waals surface area contributed by atoms with Crippen molar-refractivity contribution in [3.8, 4) is 11.5 Å². The highest BCUT2D eigenvalue weighted by atomic mass is 35.5. The Labute approximate surface area is 133 Å². The summed E-state index contributed by atoms with van der Waals surface area (Å²) in [5.74, 6) is 0.888. The minimum absolute atomic E-state index is 0.254. The van der Waals surface area contributed by atoms with Crippen molar-refractivity contribution in [3.05, 3.63) is 34.1 Å². The normalized spacial score (nSPS) is 17.3. The lowest BCUT2D eigenvalue weighted by Crippen LogP contribution is -2.30. The van der Waals surface area contributed by atoms with E-state index < -0.39 is 0 Å². The molecule has 1 atom stereocenters. The van der Waals surface area contributed by atoms with Gasteiger partial charge in [0.15, 0.2) is 5.82 Å². The maximum Gasteiger partial charge on any atom is 0.258 e. The topological polar surface area (TPSA) is 68.2 Å². The SMILES string of the molecule is NC(CN1CCCC1)c1noc(-c2cc(Cl)cc(Cl)c2)n1. The first kappa shape index (κ1) is 14.8. The second-order valence-corrected chi connectivity index (χ2v) is 6.10. The lowest BCUT2D eigenvalue weighted by molar-refractivity contribution is 0.306. The molecular formula is C14H16Cl2N4O. The van der Waals surface area contributed by atoms with Crippen molar-refractivity contribution in [2.75, 3.05) is 19.6 Å². The predicted octanol–water partition coefficient (Wildman–Crippen LogP) is 3.14. The minimum Gasteiger partial charge on any atom is -0.334 e. The van der Waals surface area contributed by atoms with Crippen LogP contribution in [0.2, 0.25) is 10.0 Å². The van der Waals surface area contributed by atoms with Gasteiger partial charge in [-0.2, -0.15) is 4.98 Å². The van der Waals surface area contributed by atoms with Gasteiger partial charge in [0.1, 0.15) is 0 Å². The highest BCUT2D eigenvalue weighted by molar-refractivity contribution is 6.35. The van der Waals surface area contributed by atoms with Gasteiger partial charge >= 0.3 is 0 Å². The van der Waals surface area contributed by atoms with Gasteiger partial charge in [-0.3, -0.25) is 0 Å². The molecule has 3 rings (SSSR count). The average Bonchev–Trinajstić information content (AvgIpc) is 3.08. The Morgan fingerprint density at radius 3 is 2.52 bits per heavy atom. The van der Waals surface area contributed by atoms with Crippen LogP contribution >= 0.6 is 23.2 Å². The molecule has 2 aromatic rings. The largest absolute Gasteiger partial charge is 0.334 e. The third kappa shape index (κ3) is 3.55. The van der Waals surface area contributed by atoms with Crippen molar-refractivity contribution in [1.29, 1.82) is 0 Å². The monoisotopic (exact) mass is 326 g/mol. The molecule has 0 saturated carbocycles. The molecule has 5 nitrogen and oxygen atoms in total. The molecule has 1 aromatic carbocycles. The summed E-state index contributed by atoms with van der Waals surface area (Å²) in [5, 5.41) is 5.02. The van der Waals surface area contributed by atoms with Crippen molar-refractivity contribution in [2.45, 2.75) is 18.9 Å². The molecule has 1 fully saturated rings. The molecule has 0 bridgehead atoms. The summed E-state index contributed by atoms with van der Waals surface area (Å²) in [6, 6.07) is 4.87. The fraction of sp³-hybridized carbons (Fsp3) is 0.429. The average molecular weight is 327 g/mol. The van der Waals surface area contributed by atoms with E-state index >= 15 is 0 Å². The van der Waals surface area contributed by atoms with Crippen LogP contribution in [0.25, 0.3) is 11.5 Å². The molecule has 1 saturated heterocycles. The Hall–Kier alpha value is -1.14. The number of aromatic nitrogens is 2. The molecule has 21 heavy (non-hydrogen) atoms. The summed E-state index contributed by atoms with van der Waals surface area (Å²) >= 11 is 12.0. The van der Waals surface area contributed by atoms with Crippen molar-refractivity contribution in [2.24, 2.45) is 5.73 Å². The number of nitrogens with zero attached hydrogens (tertiary/aromatic N) is 3. The van der Waals surface area contributed by atoms with E-state index in [-0.39, 0.29) is 6.04 Å². The van der Waals surface area contributed by atoms with E-state index in [4.69, 9.17) is 33.5 Å². The van der Waals surface area contributed by atoms with Gasteiger partial charge in [-0.25, -0.2) is 0 Å². The van der Waals surface area contributed by atoms with E-state index in [0.717, 1.165) is 19.6 Å². The number of rotatable bonds is 4. The molecule has 7 heteroatoms. The molecule has 112 valence electrons. The van der Waals surface area contributed by atoms with Gasteiger partial charge in [0.25, 0.3) is 5.89 Å². The van der Waals surface area contributed by atoms with E-state index in [2.05, 4.69) is 15.0 Å². The Morgan fingerprint density at radius 1 is 1.19 bits per heavy atom. The van der Waals surface area contributed by atoms with E-state index in [1.165, 1.54) is 12.8 Å². The number of hydrogen-bond donors (Lipinski definition) is 1. The van der Waals surface area contributed by atoms with Gasteiger partial charge < -0.3 is 15.2 Å². The summed E-state index contributed by atoms with van der Waals surface area (Å²) in [5.41, 5.74) is 6.84. The molecule has 0 radical (unpaired) electrons. The third-order valence-corrected chi connectivity index (χ3v) is 3.97. The molecule has 0 spiro atoms. The second-order valence-electron chi connectivity index (χ2n) is 5.23. The number of benzene rings is 1. The summed E-state index contributed by atoms with van der Waals surface area (Å²) < 4.78 is 5.27. The molecule has 0 amide bonds. The van der Waals surface area contributed by atoms with Gasteiger partial charge in [0, 0.05) is 22.2 Å². The molecule has 1 aromatic heterocycles. The number of likely N-dealkylation sites (tertiary alicyclic amines) is 1. The zero-order chi connectivity index (χ0) is 14.8. The van der Waals surface area contributed by atoms with Crippen molar-refractivity contribution in [3.63, 3.8) is 0 Å². The van der Waals surface area contributed by atoms with E-state index in [1.54, 1.807) is 18.2 Å². The van der Waals surface area contributed by atoms with Crippen molar-refractivity contribution in [1.82, 2.24) is 15.0 Å². The molecule has 2 N–H and O–H groups in total. The molecule has 1 aliphatic rings. The van der Waals surface area contributed by atoms with Crippen LogP contribution in [0.15, 0.2) is 22.7 Å². The van der Waals surface area contributed by atoms with Gasteiger partial charge in [0.2, 0.25) is 0 Å². The molecule has 1 unspecified atom stereocenters. The Bertz CT molecular complexity index is 605. The van der Waals surface area contributed by atoms with Crippen LogP contribution < -0.4 is 5.73 Å². The lowest BCUT2D eigenvalue weighted by Gasteiger charge is -2.17. The van der Waals surface area contributed by atoms with Crippen LogP contribution in [0.3, 0.4) is 0 Å². The van der Waals surface area contributed by atoms with Crippen molar-refractivity contribution < 1.29 is 4.52 Å². The summed E-state index contributed by atoms with van der Waals surface area (Å²) in [4.78, 5) is 6.67. The van der Waals surface area contributed by atoms with E-state index in [9.17, 15) is 0 Å². The zero-order valence-electron chi connectivity index (χ0n) is 11.4. The quantitative estimate of drug-likeness (QED) is 0.934. The minimum atomic E-state index is -0.254. The van der Waals surface area contributed by atoms with E-state index in [0.29, 0.717) is 27.3 Å². The van der Waals surface area contributed by atoms with Crippen LogP contribution in [-0.2, 0) is 0 Å². The first-order chi connectivity index (χ1) is 10.1. The fourth-order valence-electron chi connectivity index (χ4n) is 2.51. The van der Waals surface area contributed by atoms with Crippen LogP contribution in [-0.4, -0.2) is 34.7 Å².